The van der Waals surface area contributed by atoms with Crippen molar-refractivity contribution in [2.45, 2.75) is 39.0 Å². The molecule has 2 N–H and O–H groups in total. The van der Waals surface area contributed by atoms with Crippen LogP contribution in [-0.2, 0) is 4.74 Å². The molecule has 2 aliphatic heterocycles. The van der Waals surface area contributed by atoms with Crippen LogP contribution in [0.2, 0.25) is 0 Å². The highest BCUT2D eigenvalue weighted by molar-refractivity contribution is 5.82. The summed E-state index contributed by atoms with van der Waals surface area (Å²) < 4.78 is 11.1. The fraction of sp³-hybridized carbons (Fsp3) is 0.556. The third-order valence-corrected chi connectivity index (χ3v) is 4.42. The smallest absolute Gasteiger partial charge is 0.213 e. The van der Waals surface area contributed by atoms with E-state index in [-0.39, 0.29) is 6.10 Å². The maximum absolute atomic E-state index is 6.66. The van der Waals surface area contributed by atoms with Gasteiger partial charge in [-0.1, -0.05) is 0 Å². The topological polar surface area (TPSA) is 73.0 Å². The van der Waals surface area contributed by atoms with Crippen molar-refractivity contribution >= 4 is 11.8 Å². The monoisotopic (exact) mass is 330 g/mol. The summed E-state index contributed by atoms with van der Waals surface area (Å²) in [6.07, 6.45) is 4.55. The maximum atomic E-state index is 6.66. The zero-order valence-corrected chi connectivity index (χ0v) is 14.7. The van der Waals surface area contributed by atoms with Crippen molar-refractivity contribution in [3.63, 3.8) is 0 Å². The Morgan fingerprint density at radius 2 is 2.04 bits per heavy atom. The van der Waals surface area contributed by atoms with Gasteiger partial charge in [-0.2, -0.15) is 0 Å². The van der Waals surface area contributed by atoms with E-state index >= 15 is 0 Å². The first-order valence-corrected chi connectivity index (χ1v) is 8.48. The van der Waals surface area contributed by atoms with Gasteiger partial charge in [-0.25, -0.2) is 4.98 Å². The van der Waals surface area contributed by atoms with Gasteiger partial charge in [0, 0.05) is 43.7 Å². The minimum absolute atomic E-state index is 0.113. The van der Waals surface area contributed by atoms with Gasteiger partial charge < -0.3 is 15.2 Å². The summed E-state index contributed by atoms with van der Waals surface area (Å²) in [7, 11) is 0. The van der Waals surface area contributed by atoms with E-state index in [1.54, 1.807) is 0 Å². The number of pyridine rings is 1. The number of allylic oxidation sites excluding steroid dienone is 1. The molecule has 0 amide bonds. The lowest BCUT2D eigenvalue weighted by molar-refractivity contribution is 0.00433. The van der Waals surface area contributed by atoms with Crippen LogP contribution in [0.4, 0.5) is 0 Å². The maximum Gasteiger partial charge on any atom is 0.213 e. The van der Waals surface area contributed by atoms with Gasteiger partial charge >= 0.3 is 0 Å². The molecule has 1 aromatic heterocycles. The Kier molecular flexibility index (Phi) is 4.99. The lowest BCUT2D eigenvalue weighted by Crippen LogP contribution is -2.61. The van der Waals surface area contributed by atoms with Crippen molar-refractivity contribution in [3.05, 3.63) is 29.6 Å². The molecule has 2 aliphatic rings. The van der Waals surface area contributed by atoms with Gasteiger partial charge in [0.1, 0.15) is 5.66 Å². The molecule has 1 aromatic rings. The molecule has 3 rings (SSSR count). The van der Waals surface area contributed by atoms with E-state index in [4.69, 9.17) is 15.2 Å². The average Bonchev–Trinajstić information content (AvgIpc) is 2.58. The van der Waals surface area contributed by atoms with Crippen molar-refractivity contribution in [1.82, 2.24) is 9.88 Å². The van der Waals surface area contributed by atoms with E-state index in [0.29, 0.717) is 25.5 Å². The Bertz CT molecular complexity index is 633. The zero-order valence-electron chi connectivity index (χ0n) is 14.7. The number of rotatable bonds is 4. The van der Waals surface area contributed by atoms with Gasteiger partial charge in [-0.3, -0.25) is 9.89 Å². The van der Waals surface area contributed by atoms with Crippen LogP contribution in [0.5, 0.6) is 5.88 Å². The number of aromatic nitrogens is 1. The van der Waals surface area contributed by atoms with Crippen LogP contribution in [-0.4, -0.2) is 54.2 Å². The first-order valence-electron chi connectivity index (χ1n) is 8.48. The molecule has 3 heterocycles. The van der Waals surface area contributed by atoms with Crippen LogP contribution in [0.1, 0.15) is 32.8 Å². The fourth-order valence-electron chi connectivity index (χ4n) is 3.10. The third kappa shape index (κ3) is 3.66. The minimum atomic E-state index is -0.564. The molecule has 0 radical (unpaired) electrons. The van der Waals surface area contributed by atoms with E-state index in [1.165, 1.54) is 0 Å². The van der Waals surface area contributed by atoms with Crippen molar-refractivity contribution in [2.75, 3.05) is 26.3 Å². The van der Waals surface area contributed by atoms with Crippen molar-refractivity contribution < 1.29 is 9.47 Å². The Morgan fingerprint density at radius 3 is 2.67 bits per heavy atom. The molecule has 24 heavy (non-hydrogen) atoms. The summed E-state index contributed by atoms with van der Waals surface area (Å²) in [5.74, 6) is 0.638. The van der Waals surface area contributed by atoms with Crippen molar-refractivity contribution in [1.29, 1.82) is 0 Å². The molecule has 1 saturated heterocycles. The van der Waals surface area contributed by atoms with Gasteiger partial charge in [-0.15, -0.1) is 0 Å². The second kappa shape index (κ2) is 7.01. The molecular weight excluding hydrogens is 304 g/mol. The number of hydrogen-bond donors (Lipinski definition) is 1. The summed E-state index contributed by atoms with van der Waals surface area (Å²) >= 11 is 0. The summed E-state index contributed by atoms with van der Waals surface area (Å²) in [6, 6.07) is 3.94. The van der Waals surface area contributed by atoms with Gasteiger partial charge in [0.15, 0.2) is 0 Å². The summed E-state index contributed by atoms with van der Waals surface area (Å²) in [6.45, 7) is 9.08. The van der Waals surface area contributed by atoms with E-state index in [1.807, 2.05) is 45.3 Å². The quantitative estimate of drug-likeness (QED) is 0.915. The summed E-state index contributed by atoms with van der Waals surface area (Å²) in [4.78, 5) is 11.2. The minimum Gasteiger partial charge on any atom is -0.475 e. The first kappa shape index (κ1) is 17.1. The lowest BCUT2D eigenvalue weighted by Gasteiger charge is -2.42. The van der Waals surface area contributed by atoms with E-state index in [2.05, 4.69) is 14.9 Å². The van der Waals surface area contributed by atoms with Crippen molar-refractivity contribution in [2.24, 2.45) is 10.7 Å². The summed E-state index contributed by atoms with van der Waals surface area (Å²) in [5.41, 5.74) is 9.27. The molecule has 0 saturated carbocycles. The molecule has 0 spiro atoms. The number of hydrogen-bond acceptors (Lipinski definition) is 6. The van der Waals surface area contributed by atoms with E-state index < -0.39 is 5.66 Å². The third-order valence-electron chi connectivity index (χ3n) is 4.42. The molecule has 6 heteroatoms. The number of ether oxygens (including phenoxy) is 2. The molecule has 6 nitrogen and oxygen atoms in total. The Labute approximate surface area is 143 Å². The van der Waals surface area contributed by atoms with Crippen LogP contribution >= 0.6 is 0 Å². The zero-order chi connectivity index (χ0) is 17.2. The number of nitrogens with two attached hydrogens (primary N) is 1. The van der Waals surface area contributed by atoms with Gasteiger partial charge in [0.2, 0.25) is 5.88 Å². The standard InChI is InChI=1S/C18H26N4O2/c1-13(2)24-17-5-4-15(11-20-17)16-10-18(19,12-21-14(16)3)22-6-8-23-9-7-22/h4-5,11-13H,6-10,19H2,1-3H3. The molecule has 1 unspecified atom stereocenters. The first-order chi connectivity index (χ1) is 11.5. The van der Waals surface area contributed by atoms with Crippen molar-refractivity contribution in [3.8, 4) is 5.88 Å². The Balaban J connectivity index is 1.80. The predicted molar refractivity (Wildman–Crippen MR) is 95.0 cm³/mol. The van der Waals surface area contributed by atoms with Gasteiger partial charge in [0.25, 0.3) is 0 Å². The Hall–Kier alpha value is -1.76. The molecule has 1 fully saturated rings. The molecule has 130 valence electrons. The summed E-state index contributed by atoms with van der Waals surface area (Å²) in [5, 5.41) is 0. The SMILES string of the molecule is CC1=C(c2ccc(OC(C)C)nc2)CC(N)(N2CCOCC2)C=N1. The molecule has 0 aliphatic carbocycles. The number of aliphatic imine (C=N–C) groups is 1. The average molecular weight is 330 g/mol. The molecule has 1 atom stereocenters. The van der Waals surface area contributed by atoms with E-state index in [9.17, 15) is 0 Å². The van der Waals surface area contributed by atoms with Crippen LogP contribution in [0.25, 0.3) is 5.57 Å². The highest BCUT2D eigenvalue weighted by atomic mass is 16.5. The predicted octanol–water partition coefficient (Wildman–Crippen LogP) is 2.06. The highest BCUT2D eigenvalue weighted by Gasteiger charge is 2.36. The van der Waals surface area contributed by atoms with Crippen LogP contribution < -0.4 is 10.5 Å². The second-order valence-corrected chi connectivity index (χ2v) is 6.64. The van der Waals surface area contributed by atoms with Crippen LogP contribution in [0, 0.1) is 0 Å². The van der Waals surface area contributed by atoms with Crippen LogP contribution in [0.3, 0.4) is 0 Å². The number of nitrogens with zero attached hydrogens (tertiary/aromatic N) is 3. The molecule has 0 aromatic carbocycles. The highest BCUT2D eigenvalue weighted by Crippen LogP contribution is 2.33. The second-order valence-electron chi connectivity index (χ2n) is 6.64. The number of morpholine rings is 1. The van der Waals surface area contributed by atoms with Gasteiger partial charge in [-0.05, 0) is 38.0 Å². The molecule has 0 bridgehead atoms. The fourth-order valence-corrected chi connectivity index (χ4v) is 3.10. The normalized spacial score (nSPS) is 25.4. The largest absolute Gasteiger partial charge is 0.475 e. The molecular formula is C18H26N4O2. The van der Waals surface area contributed by atoms with E-state index in [0.717, 1.165) is 29.9 Å². The van der Waals surface area contributed by atoms with Gasteiger partial charge in [0.05, 0.1) is 19.3 Å². The lowest BCUT2D eigenvalue weighted by atomic mass is 9.91. The Morgan fingerprint density at radius 1 is 1.29 bits per heavy atom. The van der Waals surface area contributed by atoms with Crippen LogP contribution in [0.15, 0.2) is 29.0 Å².